The summed E-state index contributed by atoms with van der Waals surface area (Å²) in [5.74, 6) is -0.705. The number of aromatic nitrogens is 1. The first-order valence-corrected chi connectivity index (χ1v) is 11.6. The second-order valence-corrected chi connectivity index (χ2v) is 8.84. The number of carbonyl (C=O) groups excluding carboxylic acids is 2. The molecule has 0 saturated carbocycles. The molecule has 4 N–H and O–H groups in total. The molecule has 2 aromatic carbocycles. The minimum Gasteiger partial charge on any atom is -0.478 e. The number of hydrogen-bond donors (Lipinski definition) is 4. The molecule has 36 heavy (non-hydrogen) atoms. The van der Waals surface area contributed by atoms with Crippen LogP contribution in [0.5, 0.6) is 0 Å². The molecule has 188 valence electrons. The van der Waals surface area contributed by atoms with E-state index in [1.54, 1.807) is 30.3 Å². The van der Waals surface area contributed by atoms with Gasteiger partial charge in [0.2, 0.25) is 5.91 Å². The molecule has 0 spiro atoms. The molecule has 0 aliphatic carbocycles. The number of carboxylic acid groups (broad SMARTS) is 1. The summed E-state index contributed by atoms with van der Waals surface area (Å²) in [5, 5.41) is 21.4. The van der Waals surface area contributed by atoms with Crippen molar-refractivity contribution in [1.82, 2.24) is 10.5 Å². The number of urea groups is 1. The van der Waals surface area contributed by atoms with Crippen molar-refractivity contribution < 1.29 is 24.0 Å². The highest BCUT2D eigenvalue weighted by molar-refractivity contribution is 6.00. The maximum absolute atomic E-state index is 12.8. The van der Waals surface area contributed by atoms with Crippen LogP contribution >= 0.6 is 0 Å². The summed E-state index contributed by atoms with van der Waals surface area (Å²) in [7, 11) is 0. The maximum atomic E-state index is 12.8. The predicted molar refractivity (Wildman–Crippen MR) is 137 cm³/mol. The van der Waals surface area contributed by atoms with Crippen LogP contribution in [0.3, 0.4) is 0 Å². The van der Waals surface area contributed by atoms with E-state index in [1.165, 1.54) is 6.08 Å². The molecule has 1 unspecified atom stereocenters. The first-order valence-electron chi connectivity index (χ1n) is 11.6. The fraction of sp³-hybridized carbons (Fsp3) is 0.259. The van der Waals surface area contributed by atoms with E-state index in [4.69, 9.17) is 9.63 Å². The van der Waals surface area contributed by atoms with E-state index in [0.717, 1.165) is 22.9 Å². The fourth-order valence-corrected chi connectivity index (χ4v) is 3.56. The third kappa shape index (κ3) is 8.12. The molecule has 0 aliphatic heterocycles. The normalized spacial score (nSPS) is 11.9. The van der Waals surface area contributed by atoms with Crippen LogP contribution in [0.1, 0.15) is 48.9 Å². The summed E-state index contributed by atoms with van der Waals surface area (Å²) in [6.07, 6.45) is 3.06. The van der Waals surface area contributed by atoms with Crippen LogP contribution in [-0.4, -0.2) is 28.2 Å². The number of carbonyl (C=O) groups is 3. The Morgan fingerprint density at radius 3 is 2.44 bits per heavy atom. The van der Waals surface area contributed by atoms with Crippen molar-refractivity contribution in [3.8, 4) is 0 Å². The highest BCUT2D eigenvalue weighted by atomic mass is 16.5. The molecule has 1 atom stereocenters. The number of hydrogen-bond acceptors (Lipinski definition) is 5. The van der Waals surface area contributed by atoms with Crippen LogP contribution in [-0.2, 0) is 16.0 Å². The van der Waals surface area contributed by atoms with Crippen molar-refractivity contribution in [3.63, 3.8) is 0 Å². The molecule has 0 aliphatic rings. The highest BCUT2D eigenvalue weighted by Gasteiger charge is 2.20. The summed E-state index contributed by atoms with van der Waals surface area (Å²) in [5.41, 5.74) is 3.61. The molecule has 0 saturated heterocycles. The van der Waals surface area contributed by atoms with Gasteiger partial charge >= 0.3 is 12.0 Å². The molecule has 9 nitrogen and oxygen atoms in total. The zero-order valence-corrected chi connectivity index (χ0v) is 20.4. The van der Waals surface area contributed by atoms with Crippen LogP contribution < -0.4 is 16.0 Å². The Balaban J connectivity index is 1.58. The van der Waals surface area contributed by atoms with Gasteiger partial charge in [-0.25, -0.2) is 9.59 Å². The number of aliphatic carboxylic acids is 1. The van der Waals surface area contributed by atoms with Gasteiger partial charge in [-0.3, -0.25) is 4.79 Å². The third-order valence-electron chi connectivity index (χ3n) is 5.31. The first kappa shape index (κ1) is 26.2. The van der Waals surface area contributed by atoms with Crippen LogP contribution in [0.2, 0.25) is 0 Å². The minimum atomic E-state index is -1.09. The molecule has 9 heteroatoms. The first-order chi connectivity index (χ1) is 17.2. The Labute approximate surface area is 209 Å². The SMILES string of the molecule is Cc1ccccc1NC(=O)Nc1ccc(CC(=O)NC(CC(C)C)c2cc(/C=C/C(=O)O)on2)cc1. The van der Waals surface area contributed by atoms with Gasteiger partial charge < -0.3 is 25.6 Å². The van der Waals surface area contributed by atoms with Gasteiger partial charge in [0.15, 0.2) is 5.76 Å². The number of nitrogens with one attached hydrogen (secondary N) is 3. The van der Waals surface area contributed by atoms with Crippen LogP contribution in [0.15, 0.2) is 65.2 Å². The van der Waals surface area contributed by atoms with Gasteiger partial charge in [-0.2, -0.15) is 0 Å². The Morgan fingerprint density at radius 2 is 1.78 bits per heavy atom. The number of anilines is 2. The lowest BCUT2D eigenvalue weighted by Crippen LogP contribution is -2.31. The Bertz CT molecular complexity index is 1230. The van der Waals surface area contributed by atoms with Crippen LogP contribution in [0, 0.1) is 12.8 Å². The van der Waals surface area contributed by atoms with Crippen molar-refractivity contribution >= 4 is 35.4 Å². The second kappa shape index (κ2) is 12.3. The average molecular weight is 491 g/mol. The Morgan fingerprint density at radius 1 is 1.06 bits per heavy atom. The largest absolute Gasteiger partial charge is 0.478 e. The lowest BCUT2D eigenvalue weighted by molar-refractivity contribution is -0.131. The number of nitrogens with zero attached hydrogens (tertiary/aromatic N) is 1. The number of aryl methyl sites for hydroxylation is 1. The monoisotopic (exact) mass is 490 g/mol. The average Bonchev–Trinajstić information content (AvgIpc) is 3.29. The van der Waals surface area contributed by atoms with E-state index in [2.05, 4.69) is 21.1 Å². The summed E-state index contributed by atoms with van der Waals surface area (Å²) in [6.45, 7) is 5.98. The van der Waals surface area contributed by atoms with Crippen molar-refractivity contribution in [3.05, 3.63) is 83.3 Å². The minimum absolute atomic E-state index is 0.147. The molecule has 3 amide bonds. The van der Waals surface area contributed by atoms with E-state index in [1.807, 2.05) is 45.0 Å². The zero-order chi connectivity index (χ0) is 26.1. The topological polar surface area (TPSA) is 134 Å². The summed E-state index contributed by atoms with van der Waals surface area (Å²) >= 11 is 0. The second-order valence-electron chi connectivity index (χ2n) is 8.84. The number of rotatable bonds is 10. The van der Waals surface area contributed by atoms with Crippen LogP contribution in [0.4, 0.5) is 16.2 Å². The Hall–Kier alpha value is -4.40. The van der Waals surface area contributed by atoms with Crippen molar-refractivity contribution in [2.75, 3.05) is 10.6 Å². The Kier molecular flexibility index (Phi) is 8.99. The van der Waals surface area contributed by atoms with Gasteiger partial charge in [0.25, 0.3) is 0 Å². The van der Waals surface area contributed by atoms with Crippen LogP contribution in [0.25, 0.3) is 6.08 Å². The molecule has 3 aromatic rings. The van der Waals surface area contributed by atoms with Gasteiger partial charge in [-0.15, -0.1) is 0 Å². The van der Waals surface area contributed by atoms with E-state index in [0.29, 0.717) is 23.6 Å². The van der Waals surface area contributed by atoms with E-state index in [-0.39, 0.29) is 30.3 Å². The smallest absolute Gasteiger partial charge is 0.328 e. The number of para-hydroxylation sites is 1. The standard InChI is InChI=1S/C27H30N4O5/c1-17(2)14-23(24-16-21(36-31-24)12-13-26(33)34)29-25(32)15-19-8-10-20(11-9-19)28-27(35)30-22-7-5-4-6-18(22)3/h4-13,16-17,23H,14-15H2,1-3H3,(H,29,32)(H,33,34)(H2,28,30,35)/b13-12+. The molecular weight excluding hydrogens is 460 g/mol. The molecule has 3 rings (SSSR count). The molecule has 0 radical (unpaired) electrons. The summed E-state index contributed by atoms with van der Waals surface area (Å²) in [6, 6.07) is 15.4. The number of carboxylic acids is 1. The van der Waals surface area contributed by atoms with Gasteiger partial charge in [0.05, 0.1) is 12.5 Å². The quantitative estimate of drug-likeness (QED) is 0.290. The number of benzene rings is 2. The lowest BCUT2D eigenvalue weighted by atomic mass is 10.0. The van der Waals surface area contributed by atoms with E-state index in [9.17, 15) is 14.4 Å². The number of amides is 3. The third-order valence-corrected chi connectivity index (χ3v) is 5.31. The molecule has 1 aromatic heterocycles. The molecule has 0 bridgehead atoms. The van der Waals surface area contributed by atoms with Gasteiger partial charge in [-0.05, 0) is 54.7 Å². The van der Waals surface area contributed by atoms with Gasteiger partial charge in [-0.1, -0.05) is 49.3 Å². The predicted octanol–water partition coefficient (Wildman–Crippen LogP) is 5.17. The fourth-order valence-electron chi connectivity index (χ4n) is 3.56. The van der Waals surface area contributed by atoms with Gasteiger partial charge in [0.1, 0.15) is 5.69 Å². The maximum Gasteiger partial charge on any atom is 0.328 e. The molecular formula is C27H30N4O5. The van der Waals surface area contributed by atoms with Crippen molar-refractivity contribution in [1.29, 1.82) is 0 Å². The molecule has 0 fully saturated rings. The highest BCUT2D eigenvalue weighted by Crippen LogP contribution is 2.22. The van der Waals surface area contributed by atoms with Crippen molar-refractivity contribution in [2.24, 2.45) is 5.92 Å². The van der Waals surface area contributed by atoms with E-state index < -0.39 is 5.97 Å². The van der Waals surface area contributed by atoms with Crippen molar-refractivity contribution in [2.45, 2.75) is 39.7 Å². The van der Waals surface area contributed by atoms with Gasteiger partial charge in [0, 0.05) is 23.5 Å². The lowest BCUT2D eigenvalue weighted by Gasteiger charge is -2.18. The molecule has 1 heterocycles. The zero-order valence-electron chi connectivity index (χ0n) is 20.4. The summed E-state index contributed by atoms with van der Waals surface area (Å²) < 4.78 is 5.18. The summed E-state index contributed by atoms with van der Waals surface area (Å²) in [4.78, 5) is 35.7. The van der Waals surface area contributed by atoms with E-state index >= 15 is 0 Å².